The van der Waals surface area contributed by atoms with E-state index in [9.17, 15) is 19.1 Å². The number of carboxylic acids is 1. The molecule has 1 aliphatic carbocycles. The molecule has 0 spiro atoms. The van der Waals surface area contributed by atoms with E-state index in [1.807, 2.05) is 13.0 Å². The van der Waals surface area contributed by atoms with Crippen LogP contribution in [0.3, 0.4) is 0 Å². The molecule has 184 valence electrons. The molecule has 8 nitrogen and oxygen atoms in total. The van der Waals surface area contributed by atoms with E-state index < -0.39 is 11.8 Å². The van der Waals surface area contributed by atoms with Crippen molar-refractivity contribution in [3.8, 4) is 11.5 Å². The van der Waals surface area contributed by atoms with Crippen LogP contribution < -0.4 is 14.8 Å². The van der Waals surface area contributed by atoms with Crippen molar-refractivity contribution in [2.75, 3.05) is 19.5 Å². The number of ether oxygens (including phenoxy) is 2. The molecule has 0 unspecified atom stereocenters. The number of aliphatic carboxylic acids is 1. The van der Waals surface area contributed by atoms with Gasteiger partial charge in [-0.1, -0.05) is 6.07 Å². The summed E-state index contributed by atoms with van der Waals surface area (Å²) in [6.07, 6.45) is 6.07. The number of hydrogen-bond donors (Lipinski definition) is 2. The predicted molar refractivity (Wildman–Crippen MR) is 133 cm³/mol. The maximum Gasteiger partial charge on any atom is 0.308 e. The molecule has 1 aromatic heterocycles. The number of fused-ring (bicyclic) bond motifs is 1. The third-order valence-electron chi connectivity index (χ3n) is 5.89. The Morgan fingerprint density at radius 1 is 1.06 bits per heavy atom. The van der Waals surface area contributed by atoms with Gasteiger partial charge in [0.05, 0.1) is 33.3 Å². The van der Waals surface area contributed by atoms with Crippen LogP contribution in [0.2, 0.25) is 0 Å². The first-order valence-electron chi connectivity index (χ1n) is 11.1. The molecule has 1 amide bonds. The van der Waals surface area contributed by atoms with Gasteiger partial charge in [-0.25, -0.2) is 9.37 Å². The second-order valence-corrected chi connectivity index (χ2v) is 8.14. The summed E-state index contributed by atoms with van der Waals surface area (Å²) >= 11 is 0. The molecule has 2 aromatic carbocycles. The number of hydrogen-bond acceptors (Lipinski definition) is 6. The number of anilines is 1. The van der Waals surface area contributed by atoms with Gasteiger partial charge in [0.15, 0.2) is 5.82 Å². The van der Waals surface area contributed by atoms with Crippen LogP contribution in [-0.2, 0) is 16.0 Å². The molecule has 1 aliphatic rings. The van der Waals surface area contributed by atoms with Gasteiger partial charge in [0.25, 0.3) is 0 Å². The molecule has 36 heavy (non-hydrogen) atoms. The molecule has 0 fully saturated rings. The number of carbonyl (C=O) groups excluding carboxylic acids is 1. The summed E-state index contributed by atoms with van der Waals surface area (Å²) in [5.41, 5.74) is 4.86. The van der Waals surface area contributed by atoms with Crippen LogP contribution >= 0.6 is 0 Å². The van der Waals surface area contributed by atoms with Crippen molar-refractivity contribution in [3.05, 3.63) is 82.6 Å². The summed E-state index contributed by atoms with van der Waals surface area (Å²) in [5.74, 6) is -0.627. The second-order valence-electron chi connectivity index (χ2n) is 8.14. The molecular weight excluding hydrogens is 465 g/mol. The molecule has 0 saturated heterocycles. The van der Waals surface area contributed by atoms with Crippen molar-refractivity contribution < 1.29 is 28.6 Å². The Morgan fingerprint density at radius 3 is 2.39 bits per heavy atom. The number of allylic oxidation sites excluding steroid dienone is 2. The van der Waals surface area contributed by atoms with Crippen LogP contribution in [0.5, 0.6) is 11.5 Å². The lowest BCUT2D eigenvalue weighted by Crippen LogP contribution is -2.13. The summed E-state index contributed by atoms with van der Waals surface area (Å²) in [5, 5.41) is 12.0. The van der Waals surface area contributed by atoms with Gasteiger partial charge in [0, 0.05) is 18.0 Å². The highest BCUT2D eigenvalue weighted by molar-refractivity contribution is 6.09. The molecule has 9 heteroatoms. The van der Waals surface area contributed by atoms with Crippen molar-refractivity contribution in [1.82, 2.24) is 9.97 Å². The minimum Gasteiger partial charge on any atom is -0.496 e. The third-order valence-corrected chi connectivity index (χ3v) is 5.89. The first kappa shape index (κ1) is 24.6. The van der Waals surface area contributed by atoms with Crippen LogP contribution in [0, 0.1) is 5.82 Å². The van der Waals surface area contributed by atoms with E-state index in [2.05, 4.69) is 15.3 Å². The van der Waals surface area contributed by atoms with Crippen LogP contribution in [0.25, 0.3) is 17.2 Å². The van der Waals surface area contributed by atoms with Gasteiger partial charge in [0.1, 0.15) is 17.3 Å². The SMILES string of the molecule is COc1cc(C=C2C(C)=C(CC(=O)Nc3cnccn3)c3cc(F)ccc32)cc(OC)c1CC(=O)O. The van der Waals surface area contributed by atoms with E-state index in [0.29, 0.717) is 39.6 Å². The summed E-state index contributed by atoms with van der Waals surface area (Å²) in [6.45, 7) is 1.88. The predicted octanol–water partition coefficient (Wildman–Crippen LogP) is 4.62. The molecular formula is C27H24FN3O5. The number of nitrogens with zero attached hydrogens (tertiary/aromatic N) is 2. The van der Waals surface area contributed by atoms with E-state index >= 15 is 0 Å². The minimum absolute atomic E-state index is 0.0143. The Labute approximate surface area is 207 Å². The van der Waals surface area contributed by atoms with Gasteiger partial charge in [-0.3, -0.25) is 14.6 Å². The second kappa shape index (κ2) is 10.4. The lowest BCUT2D eigenvalue weighted by atomic mass is 9.99. The number of halogens is 1. The first-order valence-corrected chi connectivity index (χ1v) is 11.1. The van der Waals surface area contributed by atoms with Crippen LogP contribution in [0.1, 0.15) is 35.6 Å². The number of rotatable bonds is 8. The maximum absolute atomic E-state index is 14.2. The van der Waals surface area contributed by atoms with E-state index in [0.717, 1.165) is 16.7 Å². The Morgan fingerprint density at radius 2 is 1.78 bits per heavy atom. The zero-order valence-corrected chi connectivity index (χ0v) is 20.0. The molecule has 0 aliphatic heterocycles. The Bertz CT molecular complexity index is 1370. The van der Waals surface area contributed by atoms with Gasteiger partial charge in [-0.2, -0.15) is 0 Å². The number of carbonyl (C=O) groups is 2. The van der Waals surface area contributed by atoms with Gasteiger partial charge < -0.3 is 19.9 Å². The van der Waals surface area contributed by atoms with Gasteiger partial charge in [-0.15, -0.1) is 0 Å². The van der Waals surface area contributed by atoms with Crippen molar-refractivity contribution in [2.45, 2.75) is 19.8 Å². The lowest BCUT2D eigenvalue weighted by Gasteiger charge is -2.14. The van der Waals surface area contributed by atoms with Crippen molar-refractivity contribution in [3.63, 3.8) is 0 Å². The highest BCUT2D eigenvalue weighted by atomic mass is 19.1. The maximum atomic E-state index is 14.2. The molecule has 0 atom stereocenters. The summed E-state index contributed by atoms with van der Waals surface area (Å²) in [4.78, 5) is 32.1. The molecule has 0 radical (unpaired) electrons. The smallest absolute Gasteiger partial charge is 0.308 e. The number of benzene rings is 2. The summed E-state index contributed by atoms with van der Waals surface area (Å²) in [6, 6.07) is 7.92. The molecule has 1 heterocycles. The highest BCUT2D eigenvalue weighted by Gasteiger charge is 2.26. The van der Waals surface area contributed by atoms with Crippen molar-refractivity contribution in [1.29, 1.82) is 0 Å². The fourth-order valence-electron chi connectivity index (χ4n) is 4.27. The largest absolute Gasteiger partial charge is 0.496 e. The van der Waals surface area contributed by atoms with E-state index in [1.165, 1.54) is 44.9 Å². The molecule has 0 saturated carbocycles. The Kier molecular flexibility index (Phi) is 7.10. The number of nitrogens with one attached hydrogen (secondary N) is 1. The zero-order chi connectivity index (χ0) is 25.8. The zero-order valence-electron chi connectivity index (χ0n) is 20.0. The van der Waals surface area contributed by atoms with Gasteiger partial charge in [0.2, 0.25) is 5.91 Å². The number of carboxylic acid groups (broad SMARTS) is 1. The monoisotopic (exact) mass is 489 g/mol. The van der Waals surface area contributed by atoms with E-state index in [4.69, 9.17) is 9.47 Å². The number of amides is 1. The van der Waals surface area contributed by atoms with Crippen LogP contribution in [0.4, 0.5) is 10.2 Å². The third kappa shape index (κ3) is 5.10. The Balaban J connectivity index is 1.75. The standard InChI is InChI=1S/C27H24FN3O5/c1-15-19(8-16-9-23(35-2)22(13-27(33)34)24(10-16)36-3)18-5-4-17(28)11-21(18)20(15)12-26(32)31-25-14-29-6-7-30-25/h4-11,14H,12-13H2,1-3H3,(H,33,34)(H,30,31,32). The average Bonchev–Trinajstić information content (AvgIpc) is 3.10. The van der Waals surface area contributed by atoms with Crippen LogP contribution in [0.15, 0.2) is 54.5 Å². The summed E-state index contributed by atoms with van der Waals surface area (Å²) in [7, 11) is 2.92. The normalized spacial score (nSPS) is 13.5. The fourth-order valence-corrected chi connectivity index (χ4v) is 4.27. The number of aromatic nitrogens is 2. The highest BCUT2D eigenvalue weighted by Crippen LogP contribution is 2.44. The first-order chi connectivity index (χ1) is 17.3. The molecule has 4 rings (SSSR count). The average molecular weight is 490 g/mol. The summed E-state index contributed by atoms with van der Waals surface area (Å²) < 4.78 is 25.1. The van der Waals surface area contributed by atoms with Gasteiger partial charge >= 0.3 is 5.97 Å². The number of methoxy groups -OCH3 is 2. The molecule has 2 N–H and O–H groups in total. The quantitative estimate of drug-likeness (QED) is 0.475. The van der Waals surface area contributed by atoms with E-state index in [-0.39, 0.29) is 18.7 Å². The van der Waals surface area contributed by atoms with Crippen molar-refractivity contribution in [2.24, 2.45) is 0 Å². The topological polar surface area (TPSA) is 111 Å². The molecule has 0 bridgehead atoms. The van der Waals surface area contributed by atoms with Crippen molar-refractivity contribution >= 4 is 34.9 Å². The van der Waals surface area contributed by atoms with Crippen LogP contribution in [-0.4, -0.2) is 41.2 Å². The van der Waals surface area contributed by atoms with E-state index in [1.54, 1.807) is 18.2 Å². The lowest BCUT2D eigenvalue weighted by molar-refractivity contribution is -0.136. The fraction of sp³-hybridized carbons (Fsp3) is 0.185. The Hall–Kier alpha value is -4.53. The minimum atomic E-state index is -1.01. The van der Waals surface area contributed by atoms with Gasteiger partial charge in [-0.05, 0) is 70.7 Å². The molecule has 3 aromatic rings.